The second-order valence-corrected chi connectivity index (χ2v) is 20.7. The van der Waals surface area contributed by atoms with Crippen molar-refractivity contribution in [2.75, 3.05) is 19.6 Å². The van der Waals surface area contributed by atoms with Crippen molar-refractivity contribution in [3.05, 3.63) is 71.8 Å². The summed E-state index contributed by atoms with van der Waals surface area (Å²) in [6.07, 6.45) is 3.45. The van der Waals surface area contributed by atoms with Crippen LogP contribution in [0.15, 0.2) is 65.7 Å². The molecular weight excluding hydrogens is 975 g/mol. The van der Waals surface area contributed by atoms with Crippen LogP contribution in [0.25, 0.3) is 0 Å². The molecule has 8 atom stereocenters. The van der Waals surface area contributed by atoms with Crippen molar-refractivity contribution in [2.24, 2.45) is 51.4 Å². The molecule has 0 radical (unpaired) electrons. The Labute approximate surface area is 448 Å². The number of nitrogens with zero attached hydrogens (tertiary/aromatic N) is 1. The molecule has 0 saturated heterocycles. The maximum atomic E-state index is 14.6. The first-order valence-corrected chi connectivity index (χ1v) is 26.7. The summed E-state index contributed by atoms with van der Waals surface area (Å²) in [5, 5.41) is 29.3. The first-order chi connectivity index (χ1) is 36.0. The molecule has 0 saturated carbocycles. The van der Waals surface area contributed by atoms with Gasteiger partial charge in [0, 0.05) is 19.4 Å². The van der Waals surface area contributed by atoms with Crippen LogP contribution in [0.5, 0.6) is 0 Å². The van der Waals surface area contributed by atoms with Crippen LogP contribution in [0.1, 0.15) is 123 Å². The van der Waals surface area contributed by atoms with E-state index in [0.717, 1.165) is 0 Å². The number of carbonyl (C=O) groups is 8. The average molecular weight is 1060 g/mol. The lowest BCUT2D eigenvalue weighted by Gasteiger charge is -2.29. The summed E-state index contributed by atoms with van der Waals surface area (Å²) in [7, 11) is 0. The number of unbranched alkanes of at least 4 members (excludes halogenated alkanes) is 2. The summed E-state index contributed by atoms with van der Waals surface area (Å²) in [5.41, 5.74) is 29.9. The minimum Gasteiger partial charge on any atom is -0.480 e. The first-order valence-electron chi connectivity index (χ1n) is 26.7. The summed E-state index contributed by atoms with van der Waals surface area (Å²) in [6, 6.07) is 8.38. The molecule has 0 bridgehead atoms. The molecular formula is C54H89N13O9. The number of hydrogen-bond acceptors (Lipinski definition) is 12. The summed E-state index contributed by atoms with van der Waals surface area (Å²) in [4.78, 5) is 115. The minimum absolute atomic E-state index is 0.0184. The predicted molar refractivity (Wildman–Crippen MR) is 294 cm³/mol. The number of rotatable bonds is 37. The van der Waals surface area contributed by atoms with Crippen LogP contribution in [0.3, 0.4) is 0 Å². The lowest BCUT2D eigenvalue weighted by molar-refractivity contribution is -0.142. The van der Waals surface area contributed by atoms with Crippen LogP contribution in [0.4, 0.5) is 0 Å². The number of hydrogen-bond donors (Lipinski definition) is 13. The molecule has 0 unspecified atom stereocenters. The summed E-state index contributed by atoms with van der Waals surface area (Å²) >= 11 is 0. The molecule has 0 aromatic heterocycles. The third-order valence-corrected chi connectivity index (χ3v) is 12.3. The Morgan fingerprint density at radius 2 is 0.776 bits per heavy atom. The van der Waals surface area contributed by atoms with E-state index in [1.54, 1.807) is 60.7 Å². The number of carbonyl (C=O) groups excluding carboxylic acids is 7. The molecule has 0 aliphatic heterocycles. The van der Waals surface area contributed by atoms with E-state index in [4.69, 9.17) is 28.7 Å². The maximum Gasteiger partial charge on any atom is 0.326 e. The van der Waals surface area contributed by atoms with Crippen molar-refractivity contribution in [1.29, 1.82) is 0 Å². The number of aliphatic imine (C=N–C) groups is 1. The predicted octanol–water partition coefficient (Wildman–Crippen LogP) is 0.727. The van der Waals surface area contributed by atoms with E-state index in [1.165, 1.54) is 0 Å². The lowest BCUT2D eigenvalue weighted by Crippen LogP contribution is -2.60. The van der Waals surface area contributed by atoms with Gasteiger partial charge in [-0.2, -0.15) is 0 Å². The Hall–Kier alpha value is -6.65. The third-order valence-electron chi connectivity index (χ3n) is 12.3. The van der Waals surface area contributed by atoms with E-state index in [2.05, 4.69) is 42.2 Å². The van der Waals surface area contributed by atoms with Crippen molar-refractivity contribution in [2.45, 2.75) is 173 Å². The number of guanidine groups is 1. The van der Waals surface area contributed by atoms with Gasteiger partial charge >= 0.3 is 5.97 Å². The van der Waals surface area contributed by atoms with Crippen LogP contribution in [0, 0.1) is 17.8 Å². The minimum atomic E-state index is -1.29. The van der Waals surface area contributed by atoms with Gasteiger partial charge in [-0.3, -0.25) is 38.6 Å². The van der Waals surface area contributed by atoms with Gasteiger partial charge in [-0.15, -0.1) is 0 Å². The molecule has 22 nitrogen and oxygen atoms in total. The van der Waals surface area contributed by atoms with Crippen LogP contribution in [0.2, 0.25) is 0 Å². The fourth-order valence-corrected chi connectivity index (χ4v) is 8.30. The van der Waals surface area contributed by atoms with Gasteiger partial charge in [-0.05, 0) is 106 Å². The summed E-state index contributed by atoms with van der Waals surface area (Å²) in [6.45, 7) is 12.0. The number of nitrogens with two attached hydrogens (primary N) is 5. The Morgan fingerprint density at radius 1 is 0.447 bits per heavy atom. The Bertz CT molecular complexity index is 2140. The van der Waals surface area contributed by atoms with E-state index in [-0.39, 0.29) is 75.2 Å². The molecule has 2 aromatic carbocycles. The van der Waals surface area contributed by atoms with Gasteiger partial charge < -0.3 is 71.0 Å². The highest BCUT2D eigenvalue weighted by molar-refractivity contribution is 5.97. The van der Waals surface area contributed by atoms with Crippen LogP contribution in [-0.4, -0.2) is 126 Å². The standard InChI is InChI=1S/C54H89N13O9/c1-33(2)28-41(63-48(70)39(23-14-16-26-56)62-47(69)40(24-17-27-60-54(58)59)61-46(68)38(57)22-13-15-25-55)49(71)65-43(31-36-18-9-7-10-19-36)51(73)64-42(29-34(3)4)50(72)66-44(32-37-20-11-8-12-21-37)52(74)67-45(53(75)76)30-35(5)6/h7-12,18-21,33-35,38-45H,13-17,22-32,55-57H2,1-6H3,(H,61,68)(H,62,69)(H,63,70)(H,64,73)(H,65,71)(H,66,72)(H,67,74)(H,75,76)(H4,58,59,60)/t38-,39-,40-,41-,42-,43-,44-,45-/m0/s1. The van der Waals surface area contributed by atoms with Crippen molar-refractivity contribution in [1.82, 2.24) is 37.2 Å². The number of nitrogens with one attached hydrogen (secondary N) is 7. The molecule has 76 heavy (non-hydrogen) atoms. The van der Waals surface area contributed by atoms with Gasteiger partial charge in [0.2, 0.25) is 41.4 Å². The number of benzene rings is 2. The van der Waals surface area contributed by atoms with E-state index < -0.39 is 95.7 Å². The zero-order valence-electron chi connectivity index (χ0n) is 45.5. The zero-order chi connectivity index (χ0) is 56.7. The van der Waals surface area contributed by atoms with Crippen molar-refractivity contribution in [3.8, 4) is 0 Å². The Morgan fingerprint density at radius 3 is 1.17 bits per heavy atom. The van der Waals surface area contributed by atoms with Gasteiger partial charge in [0.25, 0.3) is 0 Å². The van der Waals surface area contributed by atoms with Gasteiger partial charge in [-0.25, -0.2) is 4.79 Å². The van der Waals surface area contributed by atoms with Crippen LogP contribution in [-0.2, 0) is 51.2 Å². The summed E-state index contributed by atoms with van der Waals surface area (Å²) < 4.78 is 0. The molecule has 0 aliphatic rings. The molecule has 7 amide bonds. The fraction of sp³-hybridized carbons (Fsp3) is 0.611. The highest BCUT2D eigenvalue weighted by Crippen LogP contribution is 2.14. The van der Waals surface area contributed by atoms with Gasteiger partial charge in [0.15, 0.2) is 5.96 Å². The molecule has 2 aromatic rings. The van der Waals surface area contributed by atoms with Crippen LogP contribution >= 0.6 is 0 Å². The molecule has 0 spiro atoms. The van der Waals surface area contributed by atoms with E-state index in [9.17, 15) is 43.5 Å². The normalized spacial score (nSPS) is 14.4. The molecule has 22 heteroatoms. The molecule has 0 aliphatic carbocycles. The van der Waals surface area contributed by atoms with E-state index in [1.807, 2.05) is 41.5 Å². The number of carboxylic acid groups (broad SMARTS) is 1. The molecule has 18 N–H and O–H groups in total. The Kier molecular flexibility index (Phi) is 30.6. The van der Waals surface area contributed by atoms with Gasteiger partial charge in [0.05, 0.1) is 6.04 Å². The third kappa shape index (κ3) is 26.2. The molecule has 2 rings (SSSR count). The fourth-order valence-electron chi connectivity index (χ4n) is 8.30. The van der Waals surface area contributed by atoms with Gasteiger partial charge in [-0.1, -0.05) is 109 Å². The Balaban J connectivity index is 2.50. The second kappa shape index (κ2) is 35.6. The van der Waals surface area contributed by atoms with E-state index >= 15 is 0 Å². The molecule has 0 fully saturated rings. The first kappa shape index (κ1) is 65.5. The molecule has 424 valence electrons. The van der Waals surface area contributed by atoms with Gasteiger partial charge in [0.1, 0.15) is 42.3 Å². The largest absolute Gasteiger partial charge is 0.480 e. The van der Waals surface area contributed by atoms with Crippen molar-refractivity contribution >= 4 is 53.3 Å². The number of aliphatic carboxylic acids is 1. The van der Waals surface area contributed by atoms with E-state index in [0.29, 0.717) is 62.7 Å². The monoisotopic (exact) mass is 1060 g/mol. The van der Waals surface area contributed by atoms with Crippen molar-refractivity contribution < 1.29 is 43.5 Å². The smallest absolute Gasteiger partial charge is 0.326 e. The topological polar surface area (TPSA) is 383 Å². The lowest BCUT2D eigenvalue weighted by atomic mass is 9.98. The second-order valence-electron chi connectivity index (χ2n) is 20.7. The average Bonchev–Trinajstić information content (AvgIpc) is 3.35. The maximum absolute atomic E-state index is 14.6. The molecule has 0 heterocycles. The highest BCUT2D eigenvalue weighted by atomic mass is 16.4. The highest BCUT2D eigenvalue weighted by Gasteiger charge is 2.35. The number of carboxylic acids is 1. The van der Waals surface area contributed by atoms with Crippen molar-refractivity contribution in [3.63, 3.8) is 0 Å². The van der Waals surface area contributed by atoms with Crippen LogP contribution < -0.4 is 65.9 Å². The quantitative estimate of drug-likeness (QED) is 0.0252. The zero-order valence-corrected chi connectivity index (χ0v) is 45.5. The number of amides is 7. The SMILES string of the molecule is CC(C)C[C@H](NC(=O)[C@H](Cc1ccccc1)NC(=O)[C@H](CC(C)C)NC(=O)[C@H](Cc1ccccc1)NC(=O)[C@H](CC(C)C)NC(=O)[C@H](CCCCN)NC(=O)[C@H](CCCN=C(N)N)NC(=O)[C@@H](N)CCCCN)C(=O)O. The summed E-state index contributed by atoms with van der Waals surface area (Å²) in [5.74, 6) is -6.51.